The fourth-order valence-corrected chi connectivity index (χ4v) is 2.92. The second-order valence-corrected chi connectivity index (χ2v) is 7.58. The summed E-state index contributed by atoms with van der Waals surface area (Å²) >= 11 is 3.26. The predicted octanol–water partition coefficient (Wildman–Crippen LogP) is 0.913. The van der Waals surface area contributed by atoms with Gasteiger partial charge < -0.3 is 26.6 Å². The van der Waals surface area contributed by atoms with Gasteiger partial charge >= 0.3 is 11.9 Å². The number of aliphatic carboxylic acids is 2. The molecule has 0 saturated heterocycles. The fraction of sp³-hybridized carbons (Fsp3) is 0.444. The molecule has 0 saturated carbocycles. The number of aliphatic imine (C=N–C) groups is 2. The van der Waals surface area contributed by atoms with E-state index in [1.165, 1.54) is 11.3 Å². The number of unbranched alkanes of at least 4 members (excludes halogenated alkanes) is 1. The molecule has 0 aliphatic heterocycles. The van der Waals surface area contributed by atoms with Gasteiger partial charge in [-0.3, -0.25) is 15.3 Å². The van der Waals surface area contributed by atoms with Crippen LogP contribution in [0.25, 0.3) is 0 Å². The van der Waals surface area contributed by atoms with Crippen molar-refractivity contribution in [3.05, 3.63) is 23.2 Å². The number of carboxylic acid groups (broad SMARTS) is 2. The van der Waals surface area contributed by atoms with Crippen molar-refractivity contribution in [2.24, 2.45) is 15.7 Å². The molecule has 176 valence electrons. The average molecular weight is 485 g/mol. The van der Waals surface area contributed by atoms with Crippen molar-refractivity contribution in [1.82, 2.24) is 15.6 Å². The highest BCUT2D eigenvalue weighted by atomic mass is 32.2. The first-order valence-corrected chi connectivity index (χ1v) is 11.6. The van der Waals surface area contributed by atoms with Gasteiger partial charge in [0, 0.05) is 36.9 Å². The monoisotopic (exact) mass is 484 g/mol. The normalized spacial score (nSPS) is 11.3. The molecule has 0 spiro atoms. The van der Waals surface area contributed by atoms with Gasteiger partial charge in [-0.2, -0.15) is 17.0 Å². The zero-order valence-electron chi connectivity index (χ0n) is 17.9. The number of thiazole rings is 1. The fourth-order valence-electron chi connectivity index (χ4n) is 1.90. The Bertz CT molecular complexity index is 817. The summed E-state index contributed by atoms with van der Waals surface area (Å²) in [7, 11) is 1.63. The number of nitriles is 1. The number of aryl methyl sites for hydroxylation is 1. The smallest absolute Gasteiger partial charge is 0.328 e. The van der Waals surface area contributed by atoms with Crippen LogP contribution in [0.4, 0.5) is 5.13 Å². The summed E-state index contributed by atoms with van der Waals surface area (Å²) in [5.41, 5.74) is 6.85. The molecule has 1 heterocycles. The number of nitrogens with zero attached hydrogens (tertiary/aromatic N) is 4. The van der Waals surface area contributed by atoms with Gasteiger partial charge in [-0.15, -0.1) is 11.3 Å². The number of guanidine groups is 2. The Balaban J connectivity index is 0.00000102. The summed E-state index contributed by atoms with van der Waals surface area (Å²) in [5.74, 6) is -0.660. The first kappa shape index (κ1) is 28.7. The highest BCUT2D eigenvalue weighted by Gasteiger charge is 2.03. The molecular weight excluding hydrogens is 456 g/mol. The van der Waals surface area contributed by atoms with Gasteiger partial charge in [-0.25, -0.2) is 14.6 Å². The lowest BCUT2D eigenvalue weighted by Crippen LogP contribution is -2.34. The van der Waals surface area contributed by atoms with Gasteiger partial charge in [0.2, 0.25) is 5.96 Å². The minimum Gasteiger partial charge on any atom is -0.478 e. The number of aromatic nitrogens is 1. The molecule has 0 atom stereocenters. The summed E-state index contributed by atoms with van der Waals surface area (Å²) in [4.78, 5) is 31.8. The Hall–Kier alpha value is -3.31. The van der Waals surface area contributed by atoms with Crippen molar-refractivity contribution in [2.45, 2.75) is 19.3 Å². The molecule has 1 aromatic heterocycles. The Morgan fingerprint density at radius 3 is 2.59 bits per heavy atom. The third-order valence-corrected chi connectivity index (χ3v) is 4.68. The number of carboxylic acids is 2. The van der Waals surface area contributed by atoms with Crippen LogP contribution in [-0.4, -0.2) is 71.2 Å². The van der Waals surface area contributed by atoms with Crippen LogP contribution in [0.2, 0.25) is 0 Å². The molecule has 0 amide bonds. The first-order chi connectivity index (χ1) is 15.3. The minimum atomic E-state index is -1.26. The van der Waals surface area contributed by atoms with Gasteiger partial charge in [0.25, 0.3) is 0 Å². The average Bonchev–Trinajstić information content (AvgIpc) is 3.19. The summed E-state index contributed by atoms with van der Waals surface area (Å²) in [6, 6.07) is 0. The molecule has 0 aliphatic rings. The Morgan fingerprint density at radius 2 is 2.03 bits per heavy atom. The van der Waals surface area contributed by atoms with Gasteiger partial charge in [0.05, 0.1) is 12.2 Å². The topological polar surface area (TPSA) is 198 Å². The molecule has 14 heteroatoms. The van der Waals surface area contributed by atoms with Crippen LogP contribution in [0.1, 0.15) is 18.5 Å². The van der Waals surface area contributed by atoms with Crippen molar-refractivity contribution in [3.8, 4) is 6.19 Å². The number of hydrogen-bond donors (Lipinski definition) is 6. The van der Waals surface area contributed by atoms with Crippen LogP contribution in [0, 0.1) is 11.5 Å². The SMILES string of the molecule is CN=C(NC#N)NCCCCc1csc(NC(N)=NCCSC)n1.O=C(O)C=CC(=O)O. The van der Waals surface area contributed by atoms with Crippen molar-refractivity contribution >= 4 is 52.1 Å². The molecule has 12 nitrogen and oxygen atoms in total. The Kier molecular flexibility index (Phi) is 16.5. The molecule has 0 fully saturated rings. The quantitative estimate of drug-likeness (QED) is 0.0651. The van der Waals surface area contributed by atoms with Crippen LogP contribution in [0.5, 0.6) is 0 Å². The highest BCUT2D eigenvalue weighted by molar-refractivity contribution is 7.98. The number of anilines is 1. The molecular formula is C18H28N8O4S2. The molecule has 0 radical (unpaired) electrons. The van der Waals surface area contributed by atoms with E-state index in [0.717, 1.165) is 42.4 Å². The van der Waals surface area contributed by atoms with Gasteiger partial charge in [-0.1, -0.05) is 0 Å². The van der Waals surface area contributed by atoms with Crippen LogP contribution in [0.15, 0.2) is 27.5 Å². The van der Waals surface area contributed by atoms with E-state index in [0.29, 0.717) is 30.6 Å². The van der Waals surface area contributed by atoms with E-state index in [4.69, 9.17) is 21.2 Å². The van der Waals surface area contributed by atoms with E-state index >= 15 is 0 Å². The summed E-state index contributed by atoms with van der Waals surface area (Å²) < 4.78 is 0. The third kappa shape index (κ3) is 16.5. The van der Waals surface area contributed by atoms with Crippen molar-refractivity contribution in [2.75, 3.05) is 37.5 Å². The number of hydrogen-bond acceptors (Lipinski definition) is 8. The maximum atomic E-state index is 9.55. The number of carbonyl (C=O) groups is 2. The van der Waals surface area contributed by atoms with E-state index in [2.05, 4.69) is 30.9 Å². The van der Waals surface area contributed by atoms with E-state index in [9.17, 15) is 9.59 Å². The predicted molar refractivity (Wildman–Crippen MR) is 128 cm³/mol. The summed E-state index contributed by atoms with van der Waals surface area (Å²) in [6.45, 7) is 1.46. The summed E-state index contributed by atoms with van der Waals surface area (Å²) in [6.07, 6.45) is 7.85. The zero-order chi connectivity index (χ0) is 24.2. The lowest BCUT2D eigenvalue weighted by molar-refractivity contribution is -0.134. The zero-order valence-corrected chi connectivity index (χ0v) is 19.5. The van der Waals surface area contributed by atoms with Crippen LogP contribution < -0.4 is 21.7 Å². The standard InChI is InChI=1S/C14H24N8S2.C4H4O4/c1-17-13(20-10-15)19-6-4-3-5-11-9-24-14(21-11)22-12(16)18-7-8-23-2;5-3(6)1-2-4(7)8/h9H,3-8H2,1-2H3,(H2,17,19,20)(H3,16,18,21,22);1-2H,(H,5,6)(H,7,8). The molecule has 0 aromatic carbocycles. The molecule has 0 bridgehead atoms. The molecule has 0 unspecified atom stereocenters. The lowest BCUT2D eigenvalue weighted by atomic mass is 10.2. The summed E-state index contributed by atoms with van der Waals surface area (Å²) in [5, 5.41) is 35.5. The number of thioether (sulfide) groups is 1. The van der Waals surface area contributed by atoms with E-state index in [1.807, 2.05) is 17.8 Å². The maximum absolute atomic E-state index is 9.55. The molecule has 0 aliphatic carbocycles. The number of rotatable bonds is 11. The number of nitrogens with two attached hydrogens (primary N) is 1. The van der Waals surface area contributed by atoms with Crippen LogP contribution in [-0.2, 0) is 16.0 Å². The first-order valence-electron chi connectivity index (χ1n) is 9.32. The van der Waals surface area contributed by atoms with Gasteiger partial charge in [-0.05, 0) is 25.5 Å². The highest BCUT2D eigenvalue weighted by Crippen LogP contribution is 2.16. The minimum absolute atomic E-state index is 0.408. The van der Waals surface area contributed by atoms with E-state index in [-0.39, 0.29) is 0 Å². The molecule has 1 rings (SSSR count). The van der Waals surface area contributed by atoms with Gasteiger partial charge in [0.1, 0.15) is 0 Å². The molecule has 1 aromatic rings. The van der Waals surface area contributed by atoms with E-state index < -0.39 is 11.9 Å². The second kappa shape index (κ2) is 18.5. The Morgan fingerprint density at radius 1 is 1.34 bits per heavy atom. The third-order valence-electron chi connectivity index (χ3n) is 3.28. The van der Waals surface area contributed by atoms with Crippen molar-refractivity contribution in [3.63, 3.8) is 0 Å². The van der Waals surface area contributed by atoms with Crippen molar-refractivity contribution < 1.29 is 19.8 Å². The number of nitrogens with one attached hydrogen (secondary N) is 3. The lowest BCUT2D eigenvalue weighted by Gasteiger charge is -2.06. The van der Waals surface area contributed by atoms with Crippen molar-refractivity contribution in [1.29, 1.82) is 5.26 Å². The van der Waals surface area contributed by atoms with Gasteiger partial charge in [0.15, 0.2) is 17.3 Å². The van der Waals surface area contributed by atoms with Crippen LogP contribution >= 0.6 is 23.1 Å². The van der Waals surface area contributed by atoms with E-state index in [1.54, 1.807) is 18.8 Å². The Labute approximate surface area is 194 Å². The second-order valence-electron chi connectivity index (χ2n) is 5.73. The largest absolute Gasteiger partial charge is 0.478 e. The molecule has 7 N–H and O–H groups in total. The maximum Gasteiger partial charge on any atom is 0.328 e. The molecule has 32 heavy (non-hydrogen) atoms. The van der Waals surface area contributed by atoms with Crippen LogP contribution in [0.3, 0.4) is 0 Å².